The molecule has 1 aromatic carbocycles. The van der Waals surface area contributed by atoms with Gasteiger partial charge in [-0.1, -0.05) is 17.7 Å². The number of halogens is 2. The number of anilines is 1. The number of nitro groups is 1. The predicted molar refractivity (Wildman–Crippen MR) is 99.7 cm³/mol. The highest BCUT2D eigenvalue weighted by atomic mass is 35.5. The van der Waals surface area contributed by atoms with E-state index in [0.717, 1.165) is 0 Å². The van der Waals surface area contributed by atoms with E-state index in [0.29, 0.717) is 23.6 Å². The van der Waals surface area contributed by atoms with Gasteiger partial charge >= 0.3 is 5.82 Å². The molecular formula is C17H16ClFN6O3. The summed E-state index contributed by atoms with van der Waals surface area (Å²) in [5.74, 6) is -0.872. The van der Waals surface area contributed by atoms with Gasteiger partial charge in [0.05, 0.1) is 23.4 Å². The Morgan fingerprint density at radius 1 is 1.36 bits per heavy atom. The summed E-state index contributed by atoms with van der Waals surface area (Å²) in [4.78, 5) is 22.7. The van der Waals surface area contributed by atoms with Crippen molar-refractivity contribution < 1.29 is 14.1 Å². The Morgan fingerprint density at radius 3 is 2.75 bits per heavy atom. The first kappa shape index (κ1) is 19.5. The molecule has 0 aliphatic carbocycles. The number of aryl methyl sites for hydroxylation is 1. The van der Waals surface area contributed by atoms with Crippen LogP contribution in [0.4, 0.5) is 16.0 Å². The number of aromatic nitrogens is 4. The van der Waals surface area contributed by atoms with Crippen LogP contribution >= 0.6 is 11.6 Å². The molecule has 1 N–H and O–H groups in total. The Kier molecular flexibility index (Phi) is 5.41. The maximum Gasteiger partial charge on any atom is 0.390 e. The van der Waals surface area contributed by atoms with Gasteiger partial charge in [0.1, 0.15) is 11.9 Å². The molecule has 0 radical (unpaired) electrons. The van der Waals surface area contributed by atoms with E-state index in [2.05, 4.69) is 15.5 Å². The fourth-order valence-electron chi connectivity index (χ4n) is 2.63. The lowest BCUT2D eigenvalue weighted by atomic mass is 10.2. The zero-order chi connectivity index (χ0) is 20.4. The van der Waals surface area contributed by atoms with Crippen molar-refractivity contribution in [2.24, 2.45) is 0 Å². The zero-order valence-electron chi connectivity index (χ0n) is 15.0. The molecule has 2 heterocycles. The fraction of sp³-hybridized carbons (Fsp3) is 0.235. The maximum atomic E-state index is 13.1. The van der Waals surface area contributed by atoms with Crippen LogP contribution in [0.3, 0.4) is 0 Å². The Morgan fingerprint density at radius 2 is 2.11 bits per heavy atom. The first-order chi connectivity index (χ1) is 13.2. The van der Waals surface area contributed by atoms with E-state index in [1.54, 1.807) is 36.9 Å². The summed E-state index contributed by atoms with van der Waals surface area (Å²) in [6.07, 6.45) is 1.64. The van der Waals surface area contributed by atoms with Gasteiger partial charge in [0.25, 0.3) is 5.91 Å². The van der Waals surface area contributed by atoms with E-state index in [9.17, 15) is 19.3 Å². The second-order valence-corrected chi connectivity index (χ2v) is 6.55. The molecule has 0 spiro atoms. The Hall–Kier alpha value is -3.27. The van der Waals surface area contributed by atoms with Crippen LogP contribution in [0.5, 0.6) is 0 Å². The van der Waals surface area contributed by atoms with Crippen molar-refractivity contribution >= 4 is 29.1 Å². The van der Waals surface area contributed by atoms with Crippen molar-refractivity contribution in [1.29, 1.82) is 0 Å². The summed E-state index contributed by atoms with van der Waals surface area (Å²) in [5.41, 5.74) is 1.17. The minimum atomic E-state index is -0.773. The van der Waals surface area contributed by atoms with Gasteiger partial charge in [-0.25, -0.2) is 4.39 Å². The standard InChI is InChI=1S/C17H16ClFN6O3/c1-10-7-16(25(27)28)22-24(10)11(2)17(26)20-15-5-6-23(21-15)9-12-3-4-13(19)8-14(12)18/h3-8,11H,9H2,1-2H3,(H,20,21,26). The highest BCUT2D eigenvalue weighted by molar-refractivity contribution is 6.31. The lowest BCUT2D eigenvalue weighted by Gasteiger charge is -2.10. The molecular weight excluding hydrogens is 391 g/mol. The quantitative estimate of drug-likeness (QED) is 0.499. The third-order valence-corrected chi connectivity index (χ3v) is 4.43. The second kappa shape index (κ2) is 7.77. The normalized spacial score (nSPS) is 12.0. The van der Waals surface area contributed by atoms with Crippen LogP contribution in [-0.4, -0.2) is 30.4 Å². The minimum Gasteiger partial charge on any atom is -0.358 e. The van der Waals surface area contributed by atoms with Crippen LogP contribution in [-0.2, 0) is 11.3 Å². The van der Waals surface area contributed by atoms with Crippen LogP contribution in [0.1, 0.15) is 24.2 Å². The van der Waals surface area contributed by atoms with Crippen LogP contribution in [0.2, 0.25) is 5.02 Å². The Bertz CT molecular complexity index is 1050. The van der Waals surface area contributed by atoms with E-state index in [-0.39, 0.29) is 10.8 Å². The summed E-state index contributed by atoms with van der Waals surface area (Å²) < 4.78 is 16.0. The average Bonchev–Trinajstić information content (AvgIpc) is 3.23. The molecule has 3 rings (SSSR count). The van der Waals surface area contributed by atoms with Gasteiger partial charge in [-0.15, -0.1) is 0 Å². The van der Waals surface area contributed by atoms with Gasteiger partial charge in [-0.3, -0.25) is 9.48 Å². The van der Waals surface area contributed by atoms with Crippen molar-refractivity contribution in [3.8, 4) is 0 Å². The number of nitrogens with one attached hydrogen (secondary N) is 1. The number of rotatable bonds is 6. The molecule has 146 valence electrons. The molecule has 1 unspecified atom stereocenters. The Labute approximate surface area is 163 Å². The molecule has 0 fully saturated rings. The topological polar surface area (TPSA) is 108 Å². The first-order valence-electron chi connectivity index (χ1n) is 8.23. The van der Waals surface area contributed by atoms with Crippen molar-refractivity contribution in [2.45, 2.75) is 26.4 Å². The minimum absolute atomic E-state index is 0.283. The smallest absolute Gasteiger partial charge is 0.358 e. The third kappa shape index (κ3) is 4.17. The second-order valence-electron chi connectivity index (χ2n) is 6.15. The molecule has 0 aliphatic heterocycles. The summed E-state index contributed by atoms with van der Waals surface area (Å²) in [7, 11) is 0. The molecule has 1 amide bonds. The van der Waals surface area contributed by atoms with Gasteiger partial charge < -0.3 is 15.4 Å². The summed E-state index contributed by atoms with van der Waals surface area (Å²) in [5, 5.41) is 21.8. The van der Waals surface area contributed by atoms with E-state index in [4.69, 9.17) is 11.6 Å². The zero-order valence-corrected chi connectivity index (χ0v) is 15.7. The molecule has 11 heteroatoms. The first-order valence-corrected chi connectivity index (χ1v) is 8.61. The Balaban J connectivity index is 1.69. The van der Waals surface area contributed by atoms with Crippen molar-refractivity contribution in [3.63, 3.8) is 0 Å². The van der Waals surface area contributed by atoms with Gasteiger partial charge in [-0.2, -0.15) is 9.78 Å². The lowest BCUT2D eigenvalue weighted by Crippen LogP contribution is -2.25. The third-order valence-electron chi connectivity index (χ3n) is 4.08. The number of hydrogen-bond donors (Lipinski definition) is 1. The van der Waals surface area contributed by atoms with Crippen LogP contribution in [0.25, 0.3) is 0 Å². The molecule has 0 saturated carbocycles. The molecule has 1 atom stereocenters. The summed E-state index contributed by atoms with van der Waals surface area (Å²) in [6, 6.07) is 6.21. The predicted octanol–water partition coefficient (Wildman–Crippen LogP) is 3.34. The van der Waals surface area contributed by atoms with E-state index >= 15 is 0 Å². The lowest BCUT2D eigenvalue weighted by molar-refractivity contribution is -0.389. The SMILES string of the molecule is Cc1cc([N+](=O)[O-])nn1C(C)C(=O)Nc1ccn(Cc2ccc(F)cc2Cl)n1. The number of nitrogens with zero attached hydrogens (tertiary/aromatic N) is 5. The fourth-order valence-corrected chi connectivity index (χ4v) is 2.86. The number of hydrogen-bond acceptors (Lipinski definition) is 5. The summed E-state index contributed by atoms with van der Waals surface area (Å²) in [6.45, 7) is 3.51. The van der Waals surface area contributed by atoms with Crippen molar-refractivity contribution in [2.75, 3.05) is 5.32 Å². The molecule has 0 bridgehead atoms. The molecule has 0 saturated heterocycles. The number of carbonyl (C=O) groups excluding carboxylic acids is 1. The largest absolute Gasteiger partial charge is 0.390 e. The van der Waals surface area contributed by atoms with Crippen LogP contribution in [0, 0.1) is 22.9 Å². The summed E-state index contributed by atoms with van der Waals surface area (Å²) >= 11 is 6.01. The molecule has 0 aliphatic rings. The highest BCUT2D eigenvalue weighted by Gasteiger charge is 2.25. The van der Waals surface area contributed by atoms with Crippen molar-refractivity contribution in [3.05, 3.63) is 68.7 Å². The van der Waals surface area contributed by atoms with E-state index < -0.39 is 22.7 Å². The van der Waals surface area contributed by atoms with Gasteiger partial charge in [-0.05, 0) is 36.5 Å². The molecule has 28 heavy (non-hydrogen) atoms. The molecule has 2 aromatic heterocycles. The molecule has 3 aromatic rings. The average molecular weight is 407 g/mol. The van der Waals surface area contributed by atoms with Crippen molar-refractivity contribution in [1.82, 2.24) is 19.6 Å². The van der Waals surface area contributed by atoms with Crippen LogP contribution in [0.15, 0.2) is 36.5 Å². The monoisotopic (exact) mass is 406 g/mol. The van der Waals surface area contributed by atoms with E-state index in [1.807, 2.05) is 0 Å². The highest BCUT2D eigenvalue weighted by Crippen LogP contribution is 2.20. The van der Waals surface area contributed by atoms with Gasteiger partial charge in [0.2, 0.25) is 0 Å². The van der Waals surface area contributed by atoms with Crippen LogP contribution < -0.4 is 5.32 Å². The number of benzene rings is 1. The maximum absolute atomic E-state index is 13.1. The number of amides is 1. The number of carbonyl (C=O) groups is 1. The van der Waals surface area contributed by atoms with Gasteiger partial charge in [0.15, 0.2) is 5.82 Å². The van der Waals surface area contributed by atoms with Gasteiger partial charge in [0, 0.05) is 17.3 Å². The van der Waals surface area contributed by atoms with E-state index in [1.165, 1.54) is 22.9 Å². The molecule has 9 nitrogen and oxygen atoms in total.